The van der Waals surface area contributed by atoms with Crippen LogP contribution < -0.4 is 39.0 Å². The van der Waals surface area contributed by atoms with E-state index >= 15 is 0 Å². The maximum Gasteiger partial charge on any atom is 0.270 e. The molecule has 0 radical (unpaired) electrons. The number of rotatable bonds is 16. The van der Waals surface area contributed by atoms with Crippen LogP contribution in [0.4, 0.5) is 0 Å². The number of hydrogen-bond acceptors (Lipinski definition) is 6. The van der Waals surface area contributed by atoms with E-state index in [0.717, 1.165) is 34.9 Å². The number of carbonyl (C=O) groups excluding carboxylic acids is 3. The van der Waals surface area contributed by atoms with E-state index in [1.54, 1.807) is 18.2 Å². The molecule has 3 amide bonds. The molecule has 10 heteroatoms. The van der Waals surface area contributed by atoms with Crippen LogP contribution in [0.15, 0.2) is 66.7 Å². The van der Waals surface area contributed by atoms with Gasteiger partial charge >= 0.3 is 0 Å². The Bertz CT molecular complexity index is 1290. The van der Waals surface area contributed by atoms with Crippen LogP contribution in [0.25, 0.3) is 10.9 Å². The number of amides is 3. The first-order valence-corrected chi connectivity index (χ1v) is 15.6. The number of aliphatic hydroxyl groups excluding tert-OH is 1. The van der Waals surface area contributed by atoms with Gasteiger partial charge in [-0.05, 0) is 30.0 Å². The smallest absolute Gasteiger partial charge is 0.270 e. The van der Waals surface area contributed by atoms with Crippen LogP contribution in [-0.4, -0.2) is 75.0 Å². The highest BCUT2D eigenvalue weighted by molar-refractivity contribution is 5.99. The topological polar surface area (TPSA) is 138 Å². The summed E-state index contributed by atoms with van der Waals surface area (Å²) < 4.78 is 0.949. The summed E-state index contributed by atoms with van der Waals surface area (Å²) in [7, 11) is 0. The number of pyridine rings is 1. The minimum Gasteiger partial charge on any atom is -0.390 e. The van der Waals surface area contributed by atoms with Crippen LogP contribution in [0, 0.1) is 5.92 Å². The molecule has 3 aromatic rings. The molecule has 41 heavy (non-hydrogen) atoms. The third-order valence-electron chi connectivity index (χ3n) is 7.07. The number of benzene rings is 2. The zero-order valence-electron chi connectivity index (χ0n) is 23.7. The fourth-order valence-corrected chi connectivity index (χ4v) is 5.35. The molecule has 220 valence electrons. The second-order valence-corrected chi connectivity index (χ2v) is 11.6. The van der Waals surface area contributed by atoms with Crippen LogP contribution in [0.1, 0.15) is 42.7 Å². The lowest BCUT2D eigenvalue weighted by Gasteiger charge is -2.31. The Labute approximate surface area is 255 Å². The number of primary amides is 1. The van der Waals surface area contributed by atoms with Crippen LogP contribution in [-0.2, 0) is 16.0 Å². The van der Waals surface area contributed by atoms with Gasteiger partial charge in [0, 0.05) is 25.0 Å². The minimum atomic E-state index is -1.23. The van der Waals surface area contributed by atoms with Crippen LogP contribution >= 0.6 is 0 Å². The Morgan fingerprint density at radius 3 is 2.39 bits per heavy atom. The molecule has 0 saturated carbocycles. The number of para-hydroxylation sites is 1. The third-order valence-corrected chi connectivity index (χ3v) is 7.59. The molecule has 1 unspecified atom stereocenters. The van der Waals surface area contributed by atoms with Crippen LogP contribution in [0.3, 0.4) is 0 Å². The molecule has 1 aromatic heterocycles. The predicted molar refractivity (Wildman–Crippen MR) is 157 cm³/mol. The lowest BCUT2D eigenvalue weighted by atomic mass is 9.99. The Hall–Kier alpha value is -3.09. The summed E-state index contributed by atoms with van der Waals surface area (Å²) in [6.45, 7) is 6.38. The summed E-state index contributed by atoms with van der Waals surface area (Å²) in [5, 5.41) is 17.8. The summed E-state index contributed by atoms with van der Waals surface area (Å²) in [6.07, 6.45) is 0.126. The highest BCUT2D eigenvalue weighted by Gasteiger charge is 2.30. The molecule has 0 aliphatic rings. The van der Waals surface area contributed by atoms with Gasteiger partial charge in [0.2, 0.25) is 11.8 Å². The van der Waals surface area contributed by atoms with E-state index in [2.05, 4.69) is 34.4 Å². The number of aromatic nitrogens is 1. The van der Waals surface area contributed by atoms with Gasteiger partial charge < -0.3 is 21.5 Å². The van der Waals surface area contributed by atoms with Crippen molar-refractivity contribution in [1.82, 2.24) is 20.5 Å². The van der Waals surface area contributed by atoms with Crippen molar-refractivity contribution < 1.29 is 42.1 Å². The second-order valence-electron chi connectivity index (χ2n) is 10.4. The number of carbonyl (C=O) groups is 3. The number of nitrogens with two attached hydrogens (primary N) is 1. The highest BCUT2D eigenvalue weighted by Crippen LogP contribution is 2.13. The molecule has 1 heterocycles. The average molecular weight is 675 g/mol. The van der Waals surface area contributed by atoms with E-state index < -0.39 is 42.3 Å². The second kappa shape index (κ2) is 16.4. The first-order chi connectivity index (χ1) is 19.7. The molecular formula is C31H41IN5O4+. The largest absolute Gasteiger partial charge is 0.390 e. The van der Waals surface area contributed by atoms with Crippen molar-refractivity contribution in [1.29, 1.82) is 0 Å². The Morgan fingerprint density at radius 2 is 1.71 bits per heavy atom. The van der Waals surface area contributed by atoms with Crippen molar-refractivity contribution in [2.75, 3.05) is 24.1 Å². The molecule has 0 saturated heterocycles. The summed E-state index contributed by atoms with van der Waals surface area (Å²) >= 11 is 2.02. The van der Waals surface area contributed by atoms with Gasteiger partial charge in [-0.2, -0.15) is 0 Å². The average Bonchev–Trinajstić information content (AvgIpc) is 2.96. The van der Waals surface area contributed by atoms with E-state index in [9.17, 15) is 19.5 Å². The molecule has 0 spiro atoms. The molecule has 0 bridgehead atoms. The fourth-order valence-electron chi connectivity index (χ4n) is 4.62. The Morgan fingerprint density at radius 1 is 1.00 bits per heavy atom. The van der Waals surface area contributed by atoms with E-state index in [1.807, 2.05) is 71.1 Å². The van der Waals surface area contributed by atoms with Gasteiger partial charge in [-0.3, -0.25) is 19.3 Å². The van der Waals surface area contributed by atoms with Gasteiger partial charge in [0.25, 0.3) is 28.5 Å². The Kier molecular flexibility index (Phi) is 13.0. The first kappa shape index (κ1) is 32.4. The number of nitrogens with one attached hydrogen (secondary N) is 2. The van der Waals surface area contributed by atoms with Gasteiger partial charge in [-0.1, -0.05) is 74.9 Å². The van der Waals surface area contributed by atoms with Gasteiger partial charge in [0.1, 0.15) is 11.7 Å². The van der Waals surface area contributed by atoms with Crippen molar-refractivity contribution in [3.8, 4) is 0 Å². The fraction of sp³-hybridized carbons (Fsp3) is 0.419. The van der Waals surface area contributed by atoms with Crippen LogP contribution in [0.5, 0.6) is 0 Å². The van der Waals surface area contributed by atoms with Crippen molar-refractivity contribution in [3.63, 3.8) is 0 Å². The molecule has 0 fully saturated rings. The van der Waals surface area contributed by atoms with Crippen molar-refractivity contribution >= 4 is 28.6 Å². The van der Waals surface area contributed by atoms with Gasteiger partial charge in [0.15, 0.2) is 4.43 Å². The van der Waals surface area contributed by atoms with Crippen molar-refractivity contribution in [2.45, 2.75) is 51.3 Å². The first-order valence-electron chi connectivity index (χ1n) is 14.0. The van der Waals surface area contributed by atoms with Gasteiger partial charge in [-0.25, -0.2) is 4.98 Å². The molecule has 3 rings (SSSR count). The standard InChI is InChI=1S/C31H40IN5O4/c1-3-21(2)19-37(16-15-32)20-28(38)26(17-22-9-5-4-6-10-22)35-31(41)27(18-29(33)39)36-30(40)25-14-13-23-11-7-8-12-24(23)34-25/h4-14,21,26-28,32,38H,3,15-20H2,1-2H3,(H3-,33,35,36,39,40,41)/p+1/t21?,26-,27-,28+/m0/s1. The normalized spacial score (nSPS) is 14.3. The molecule has 2 aromatic carbocycles. The Balaban J connectivity index is 1.79. The molecule has 0 aliphatic carbocycles. The number of fused-ring (bicyclic) bond motifs is 1. The van der Waals surface area contributed by atoms with E-state index in [1.165, 1.54) is 0 Å². The predicted octanol–water partition coefficient (Wildman–Crippen LogP) is -1.07. The number of nitrogens with zero attached hydrogens (tertiary/aromatic N) is 2. The van der Waals surface area contributed by atoms with Crippen LogP contribution in [0.2, 0.25) is 0 Å². The van der Waals surface area contributed by atoms with Gasteiger partial charge in [-0.15, -0.1) is 0 Å². The summed E-state index contributed by atoms with van der Waals surface area (Å²) in [6, 6.07) is 18.4. The lowest BCUT2D eigenvalue weighted by molar-refractivity contribution is -0.369. The van der Waals surface area contributed by atoms with E-state index in [4.69, 9.17) is 5.73 Å². The molecule has 5 N–H and O–H groups in total. The maximum absolute atomic E-state index is 13.5. The zero-order chi connectivity index (χ0) is 29.8. The minimum absolute atomic E-state index is 0.118. The number of alkyl halides is 1. The molecular weight excluding hydrogens is 633 g/mol. The summed E-state index contributed by atoms with van der Waals surface area (Å²) in [5.74, 6) is -1.46. The number of aliphatic hydroxyl groups is 1. The van der Waals surface area contributed by atoms with Crippen molar-refractivity contribution in [3.05, 3.63) is 78.0 Å². The van der Waals surface area contributed by atoms with E-state index in [-0.39, 0.29) is 5.69 Å². The summed E-state index contributed by atoms with van der Waals surface area (Å²) in [5.41, 5.74) is 7.15. The SMILES string of the molecule is CCC(C)CN(CC[IH+])C[C@@H](O)[C@H](Cc1ccccc1)NC(=O)[C@H](CC(N)=O)NC(=O)c1ccc2ccccc2n1. The number of hydrogen-bond donors (Lipinski definition) is 4. The number of halogens is 1. The van der Waals surface area contributed by atoms with E-state index in [0.29, 0.717) is 24.4 Å². The molecule has 9 nitrogen and oxygen atoms in total. The third kappa shape index (κ3) is 10.4. The highest BCUT2D eigenvalue weighted by atomic mass is 127. The maximum atomic E-state index is 13.5. The molecule has 0 aliphatic heterocycles. The quantitative estimate of drug-likeness (QED) is 0.113. The van der Waals surface area contributed by atoms with Gasteiger partial charge in [0.05, 0.1) is 24.1 Å². The lowest BCUT2D eigenvalue weighted by Crippen LogP contribution is -3.35. The zero-order valence-corrected chi connectivity index (χ0v) is 26.0. The van der Waals surface area contributed by atoms with Crippen molar-refractivity contribution in [2.24, 2.45) is 11.7 Å². The monoisotopic (exact) mass is 674 g/mol. The summed E-state index contributed by atoms with van der Waals surface area (Å²) in [4.78, 5) is 45.1. The molecule has 4 atom stereocenters.